The number of amides is 1. The molecule has 3 aliphatic carbocycles. The van der Waals surface area contributed by atoms with Crippen molar-refractivity contribution in [2.75, 3.05) is 25.1 Å². The lowest BCUT2D eigenvalue weighted by atomic mass is 9.68. The van der Waals surface area contributed by atoms with E-state index in [1.807, 2.05) is 26.2 Å². The molecule has 136 valence electrons. The van der Waals surface area contributed by atoms with Crippen molar-refractivity contribution in [3.63, 3.8) is 0 Å². The lowest BCUT2D eigenvalue weighted by Crippen LogP contribution is -2.43. The number of phenolic OH excluding ortho intramolecular Hbond substituents is 1. The first-order valence-electron chi connectivity index (χ1n) is 8.79. The van der Waals surface area contributed by atoms with Crippen LogP contribution in [0.1, 0.15) is 19.3 Å². The van der Waals surface area contributed by atoms with E-state index in [4.69, 9.17) is 5.73 Å². The first-order valence-corrected chi connectivity index (χ1v) is 8.79. The lowest BCUT2D eigenvalue weighted by molar-refractivity contribution is -0.143. The lowest BCUT2D eigenvalue weighted by Gasteiger charge is -2.38. The fourth-order valence-electron chi connectivity index (χ4n) is 4.43. The van der Waals surface area contributed by atoms with Gasteiger partial charge in [0.05, 0.1) is 16.8 Å². The molecule has 26 heavy (non-hydrogen) atoms. The van der Waals surface area contributed by atoms with Gasteiger partial charge in [-0.2, -0.15) is 0 Å². The second-order valence-corrected chi connectivity index (χ2v) is 7.65. The normalized spacial score (nSPS) is 26.2. The number of para-hydroxylation sites is 1. The molecule has 7 nitrogen and oxygen atoms in total. The molecule has 0 aliphatic heterocycles. The number of anilines is 2. The van der Waals surface area contributed by atoms with E-state index >= 15 is 0 Å². The third-order valence-corrected chi connectivity index (χ3v) is 5.69. The molecule has 0 spiro atoms. The molecule has 2 aromatic rings. The summed E-state index contributed by atoms with van der Waals surface area (Å²) in [5.41, 5.74) is 7.66. The third-order valence-electron chi connectivity index (χ3n) is 5.69. The van der Waals surface area contributed by atoms with Crippen LogP contribution in [-0.4, -0.2) is 46.2 Å². The molecular formula is C19H23N5O2. The van der Waals surface area contributed by atoms with E-state index in [2.05, 4.69) is 15.5 Å². The van der Waals surface area contributed by atoms with Crippen LogP contribution in [0.4, 0.5) is 11.5 Å². The molecule has 0 radical (unpaired) electrons. The van der Waals surface area contributed by atoms with Crippen LogP contribution in [0.2, 0.25) is 0 Å². The maximum absolute atomic E-state index is 12.5. The predicted octanol–water partition coefficient (Wildman–Crippen LogP) is 2.10. The Bertz CT molecular complexity index is 861. The molecule has 3 aliphatic rings. The number of nitrogens with zero attached hydrogens (tertiary/aromatic N) is 3. The Morgan fingerprint density at radius 1 is 1.27 bits per heavy atom. The van der Waals surface area contributed by atoms with E-state index in [9.17, 15) is 9.90 Å². The van der Waals surface area contributed by atoms with Crippen LogP contribution in [0.25, 0.3) is 11.3 Å². The van der Waals surface area contributed by atoms with Crippen LogP contribution < -0.4 is 11.1 Å². The molecule has 1 atom stereocenters. The molecule has 0 saturated heterocycles. The smallest absolute Gasteiger partial charge is 0.228 e. The maximum Gasteiger partial charge on any atom is 0.228 e. The van der Waals surface area contributed by atoms with Gasteiger partial charge in [-0.05, 0) is 43.4 Å². The van der Waals surface area contributed by atoms with Gasteiger partial charge in [0, 0.05) is 25.7 Å². The van der Waals surface area contributed by atoms with Gasteiger partial charge in [-0.25, -0.2) is 0 Å². The number of aromatic hydroxyl groups is 1. The van der Waals surface area contributed by atoms with Crippen molar-refractivity contribution < 1.29 is 9.90 Å². The van der Waals surface area contributed by atoms with Gasteiger partial charge in [0.15, 0.2) is 5.82 Å². The number of nitrogen functional groups attached to an aromatic ring is 1. The fraction of sp³-hybridized carbons (Fsp3) is 0.421. The summed E-state index contributed by atoms with van der Waals surface area (Å²) in [4.78, 5) is 14.2. The number of phenols is 1. The molecule has 5 rings (SSSR count). The van der Waals surface area contributed by atoms with Crippen LogP contribution in [0.15, 0.2) is 30.3 Å². The summed E-state index contributed by atoms with van der Waals surface area (Å²) in [6.07, 6.45) is 2.65. The molecule has 1 amide bonds. The second-order valence-electron chi connectivity index (χ2n) is 7.65. The Labute approximate surface area is 152 Å². The number of hydrogen-bond donors (Lipinski definition) is 3. The van der Waals surface area contributed by atoms with Gasteiger partial charge in [-0.1, -0.05) is 12.1 Å². The average molecular weight is 353 g/mol. The number of nitrogens with two attached hydrogens (primary N) is 1. The summed E-state index contributed by atoms with van der Waals surface area (Å²) in [6.45, 7) is 0. The minimum absolute atomic E-state index is 0.149. The number of carbonyl (C=O) groups excluding carboxylic acids is 1. The summed E-state index contributed by atoms with van der Waals surface area (Å²) in [5.74, 6) is 1.16. The van der Waals surface area contributed by atoms with E-state index in [0.717, 1.165) is 19.3 Å². The molecule has 1 heterocycles. The van der Waals surface area contributed by atoms with Gasteiger partial charge >= 0.3 is 0 Å². The number of carbonyl (C=O) groups is 1. The first kappa shape index (κ1) is 16.6. The van der Waals surface area contributed by atoms with Crippen molar-refractivity contribution in [3.05, 3.63) is 30.3 Å². The highest BCUT2D eigenvalue weighted by Crippen LogP contribution is 2.60. The van der Waals surface area contributed by atoms with Crippen LogP contribution in [0.5, 0.6) is 5.75 Å². The largest absolute Gasteiger partial charge is 0.507 e. The van der Waals surface area contributed by atoms with E-state index in [0.29, 0.717) is 28.7 Å². The zero-order valence-electron chi connectivity index (χ0n) is 14.9. The quantitative estimate of drug-likeness (QED) is 0.777. The van der Waals surface area contributed by atoms with Crippen molar-refractivity contribution in [1.29, 1.82) is 0 Å². The van der Waals surface area contributed by atoms with Crippen LogP contribution >= 0.6 is 0 Å². The van der Waals surface area contributed by atoms with Gasteiger partial charge in [0.2, 0.25) is 5.91 Å². The van der Waals surface area contributed by atoms with Gasteiger partial charge in [0.25, 0.3) is 0 Å². The minimum atomic E-state index is -0.221. The van der Waals surface area contributed by atoms with E-state index in [-0.39, 0.29) is 23.1 Å². The standard InChI is InChI=1S/C19H23N5O2/c1-24(2)18(26)19-8-11(9-19)15(10-19)21-14-7-13(22-23-17(14)20)12-5-3-4-6-16(12)25/h3-7,11,15,25H,8-10H2,1-2H3,(H2,20,23)(H,21,22). The number of benzene rings is 1. The first-order chi connectivity index (χ1) is 12.4. The summed E-state index contributed by atoms with van der Waals surface area (Å²) in [7, 11) is 3.63. The summed E-state index contributed by atoms with van der Waals surface area (Å²) in [6, 6.07) is 9.01. The molecule has 7 heteroatoms. The SMILES string of the molecule is CN(C)C(=O)C12CC(C1)C(Nc1cc(-c3ccccc3O)nnc1N)C2. The molecule has 4 N–H and O–H groups in total. The van der Waals surface area contributed by atoms with Gasteiger partial charge < -0.3 is 21.1 Å². The third kappa shape index (κ3) is 2.55. The van der Waals surface area contributed by atoms with Crippen molar-refractivity contribution >= 4 is 17.4 Å². The highest BCUT2D eigenvalue weighted by Gasteiger charge is 2.60. The van der Waals surface area contributed by atoms with Gasteiger partial charge in [-0.15, -0.1) is 10.2 Å². The second kappa shape index (κ2) is 5.86. The van der Waals surface area contributed by atoms with E-state index in [1.54, 1.807) is 23.1 Å². The molecule has 2 bridgehead atoms. The Kier molecular flexibility index (Phi) is 3.75. The predicted molar refractivity (Wildman–Crippen MR) is 99.4 cm³/mol. The Balaban J connectivity index is 1.56. The minimum Gasteiger partial charge on any atom is -0.507 e. The molecule has 3 fully saturated rings. The van der Waals surface area contributed by atoms with E-state index in [1.165, 1.54) is 0 Å². The van der Waals surface area contributed by atoms with Crippen LogP contribution in [0, 0.1) is 11.3 Å². The Hall–Kier alpha value is -2.83. The van der Waals surface area contributed by atoms with Crippen LogP contribution in [-0.2, 0) is 4.79 Å². The van der Waals surface area contributed by atoms with E-state index < -0.39 is 0 Å². The summed E-state index contributed by atoms with van der Waals surface area (Å²) in [5, 5.41) is 21.7. The highest BCUT2D eigenvalue weighted by atomic mass is 16.3. The Morgan fingerprint density at radius 3 is 2.69 bits per heavy atom. The average Bonchev–Trinajstić information content (AvgIpc) is 3.11. The van der Waals surface area contributed by atoms with Crippen molar-refractivity contribution in [1.82, 2.24) is 15.1 Å². The van der Waals surface area contributed by atoms with Crippen LogP contribution in [0.3, 0.4) is 0 Å². The topological polar surface area (TPSA) is 104 Å². The Morgan fingerprint density at radius 2 is 2.00 bits per heavy atom. The monoisotopic (exact) mass is 353 g/mol. The number of fused-ring (bicyclic) bond motifs is 1. The number of aromatic nitrogens is 2. The van der Waals surface area contributed by atoms with Crippen molar-refractivity contribution in [3.8, 4) is 17.0 Å². The summed E-state index contributed by atoms with van der Waals surface area (Å²) < 4.78 is 0. The maximum atomic E-state index is 12.5. The van der Waals surface area contributed by atoms with Crippen molar-refractivity contribution in [2.45, 2.75) is 25.3 Å². The summed E-state index contributed by atoms with van der Waals surface area (Å²) >= 11 is 0. The van der Waals surface area contributed by atoms with Gasteiger partial charge in [-0.3, -0.25) is 4.79 Å². The number of nitrogens with one attached hydrogen (secondary N) is 1. The number of hydrogen-bond acceptors (Lipinski definition) is 6. The highest BCUT2D eigenvalue weighted by molar-refractivity contribution is 5.84. The zero-order chi connectivity index (χ0) is 18.5. The molecule has 1 aromatic heterocycles. The molecule has 1 unspecified atom stereocenters. The molecule has 3 saturated carbocycles. The molecular weight excluding hydrogens is 330 g/mol. The molecule has 1 aromatic carbocycles. The van der Waals surface area contributed by atoms with Gasteiger partial charge in [0.1, 0.15) is 5.75 Å². The zero-order valence-corrected chi connectivity index (χ0v) is 14.9. The fourth-order valence-corrected chi connectivity index (χ4v) is 4.43. The van der Waals surface area contributed by atoms with Crippen molar-refractivity contribution in [2.24, 2.45) is 11.3 Å². The number of rotatable bonds is 4.